The van der Waals surface area contributed by atoms with Crippen LogP contribution in [0.3, 0.4) is 0 Å². The highest BCUT2D eigenvalue weighted by atomic mass is 16.2. The summed E-state index contributed by atoms with van der Waals surface area (Å²) in [6.45, 7) is 0.539. The largest absolute Gasteiger partial charge is 0.355 e. The van der Waals surface area contributed by atoms with Gasteiger partial charge in [0.15, 0.2) is 5.43 Å². The number of hydrogen-bond acceptors (Lipinski definition) is 3. The van der Waals surface area contributed by atoms with Crippen LogP contribution in [0, 0.1) is 0 Å². The maximum Gasteiger partial charge on any atom is 0.251 e. The van der Waals surface area contributed by atoms with Gasteiger partial charge in [-0.2, -0.15) is 0 Å². The second-order valence-corrected chi connectivity index (χ2v) is 7.48. The van der Waals surface area contributed by atoms with Crippen molar-refractivity contribution >= 4 is 33.6 Å². The molecule has 1 aromatic heterocycles. The minimum atomic E-state index is -0.145. The van der Waals surface area contributed by atoms with Gasteiger partial charge in [-0.05, 0) is 42.0 Å². The third kappa shape index (κ3) is 3.92. The molecule has 6 nitrogen and oxygen atoms in total. The maximum absolute atomic E-state index is 13.1. The molecule has 4 aromatic rings. The molecule has 1 heterocycles. The fraction of sp³-hybridized carbons (Fsp3) is 0.160. The van der Waals surface area contributed by atoms with Gasteiger partial charge < -0.3 is 14.8 Å². The molecule has 0 fully saturated rings. The van der Waals surface area contributed by atoms with Gasteiger partial charge in [-0.1, -0.05) is 36.4 Å². The first-order valence-corrected chi connectivity index (χ1v) is 10.0. The average Bonchev–Trinajstić information content (AvgIpc) is 2.81. The van der Waals surface area contributed by atoms with Crippen molar-refractivity contribution in [2.75, 3.05) is 14.1 Å². The molecule has 2 amide bonds. The van der Waals surface area contributed by atoms with Gasteiger partial charge in [0.2, 0.25) is 5.91 Å². The molecule has 0 aliphatic rings. The number of para-hydroxylation sites is 2. The zero-order valence-corrected chi connectivity index (χ0v) is 17.5. The molecule has 0 aliphatic carbocycles. The minimum absolute atomic E-state index is 0.0283. The van der Waals surface area contributed by atoms with Crippen molar-refractivity contribution in [3.05, 3.63) is 94.1 Å². The van der Waals surface area contributed by atoms with E-state index in [1.165, 1.54) is 0 Å². The first-order chi connectivity index (χ1) is 15.0. The number of benzene rings is 3. The van der Waals surface area contributed by atoms with E-state index in [2.05, 4.69) is 5.32 Å². The van der Waals surface area contributed by atoms with Crippen LogP contribution >= 0.6 is 0 Å². The van der Waals surface area contributed by atoms with Crippen molar-refractivity contribution in [1.29, 1.82) is 0 Å². The predicted octanol–water partition coefficient (Wildman–Crippen LogP) is 3.17. The lowest BCUT2D eigenvalue weighted by atomic mass is 10.1. The minimum Gasteiger partial charge on any atom is -0.355 e. The van der Waals surface area contributed by atoms with Gasteiger partial charge in [0.05, 0.1) is 11.0 Å². The Balaban J connectivity index is 1.63. The van der Waals surface area contributed by atoms with Crippen LogP contribution in [0.5, 0.6) is 0 Å². The van der Waals surface area contributed by atoms with Crippen LogP contribution in [-0.4, -0.2) is 35.4 Å². The molecule has 6 heteroatoms. The summed E-state index contributed by atoms with van der Waals surface area (Å²) in [5, 5.41) is 3.79. The van der Waals surface area contributed by atoms with Gasteiger partial charge in [0, 0.05) is 37.0 Å². The number of pyridine rings is 1. The molecule has 0 saturated heterocycles. The Morgan fingerprint density at radius 2 is 1.42 bits per heavy atom. The Labute approximate surface area is 179 Å². The highest BCUT2D eigenvalue weighted by Gasteiger charge is 2.15. The van der Waals surface area contributed by atoms with E-state index in [1.54, 1.807) is 43.3 Å². The van der Waals surface area contributed by atoms with E-state index in [4.69, 9.17) is 0 Å². The third-order valence-electron chi connectivity index (χ3n) is 5.46. The van der Waals surface area contributed by atoms with Crippen LogP contribution in [-0.2, 0) is 17.9 Å². The smallest absolute Gasteiger partial charge is 0.251 e. The summed E-state index contributed by atoms with van der Waals surface area (Å²) in [4.78, 5) is 39.3. The van der Waals surface area contributed by atoms with Crippen molar-refractivity contribution in [2.45, 2.75) is 13.1 Å². The lowest BCUT2D eigenvalue weighted by Gasteiger charge is -2.20. The summed E-state index contributed by atoms with van der Waals surface area (Å²) in [6.07, 6.45) is 0. The SMILES string of the molecule is CNC(=O)c1ccc(CN(C)C(=O)Cn2c3ccccc3c(=O)c3ccccc32)cc1. The Bertz CT molecular complexity index is 1280. The highest BCUT2D eigenvalue weighted by molar-refractivity contribution is 5.95. The second kappa shape index (κ2) is 8.44. The van der Waals surface area contributed by atoms with Crippen LogP contribution in [0.1, 0.15) is 15.9 Å². The summed E-state index contributed by atoms with van der Waals surface area (Å²) in [5.74, 6) is -0.220. The van der Waals surface area contributed by atoms with E-state index in [-0.39, 0.29) is 23.8 Å². The maximum atomic E-state index is 13.1. The van der Waals surface area contributed by atoms with Crippen molar-refractivity contribution in [3.63, 3.8) is 0 Å². The third-order valence-corrected chi connectivity index (χ3v) is 5.46. The number of fused-ring (bicyclic) bond motifs is 2. The number of carbonyl (C=O) groups excluding carboxylic acids is 2. The van der Waals surface area contributed by atoms with Crippen LogP contribution in [0.2, 0.25) is 0 Å². The van der Waals surface area contributed by atoms with E-state index in [0.29, 0.717) is 22.9 Å². The summed E-state index contributed by atoms with van der Waals surface area (Å²) >= 11 is 0. The van der Waals surface area contributed by atoms with Gasteiger partial charge in [-0.15, -0.1) is 0 Å². The van der Waals surface area contributed by atoms with Gasteiger partial charge in [0.1, 0.15) is 6.54 Å². The summed E-state index contributed by atoms with van der Waals surface area (Å²) < 4.78 is 1.90. The lowest BCUT2D eigenvalue weighted by molar-refractivity contribution is -0.130. The topological polar surface area (TPSA) is 71.4 Å². The van der Waals surface area contributed by atoms with Crippen molar-refractivity contribution in [1.82, 2.24) is 14.8 Å². The number of nitrogens with one attached hydrogen (secondary N) is 1. The lowest BCUT2D eigenvalue weighted by Crippen LogP contribution is -2.30. The normalized spacial score (nSPS) is 10.9. The molecule has 0 atom stereocenters. The Morgan fingerprint density at radius 3 is 1.97 bits per heavy atom. The summed E-state index contributed by atoms with van der Waals surface area (Å²) in [5.41, 5.74) is 2.95. The van der Waals surface area contributed by atoms with Crippen LogP contribution < -0.4 is 10.7 Å². The molecule has 3 aromatic carbocycles. The second-order valence-electron chi connectivity index (χ2n) is 7.48. The molecular formula is C25H23N3O3. The van der Waals surface area contributed by atoms with E-state index < -0.39 is 0 Å². The number of nitrogens with zero attached hydrogens (tertiary/aromatic N) is 2. The number of rotatable bonds is 5. The van der Waals surface area contributed by atoms with Crippen LogP contribution in [0.4, 0.5) is 0 Å². The Hall–Kier alpha value is -3.93. The Morgan fingerprint density at radius 1 is 0.871 bits per heavy atom. The molecule has 0 unspecified atom stereocenters. The molecule has 31 heavy (non-hydrogen) atoms. The molecule has 1 N–H and O–H groups in total. The molecule has 156 valence electrons. The molecular weight excluding hydrogens is 390 g/mol. The number of hydrogen-bond donors (Lipinski definition) is 1. The number of amides is 2. The van der Waals surface area contributed by atoms with E-state index >= 15 is 0 Å². The van der Waals surface area contributed by atoms with Gasteiger partial charge in [0.25, 0.3) is 5.91 Å². The number of likely N-dealkylation sites (N-methyl/N-ethyl adjacent to an activating group) is 1. The predicted molar refractivity (Wildman–Crippen MR) is 122 cm³/mol. The summed E-state index contributed by atoms with van der Waals surface area (Å²) in [7, 11) is 3.34. The number of carbonyl (C=O) groups is 2. The molecule has 0 spiro atoms. The fourth-order valence-electron chi connectivity index (χ4n) is 3.77. The number of aromatic nitrogens is 1. The highest BCUT2D eigenvalue weighted by Crippen LogP contribution is 2.19. The zero-order chi connectivity index (χ0) is 22.0. The quantitative estimate of drug-likeness (QED) is 0.511. The first-order valence-electron chi connectivity index (χ1n) is 10.0. The van der Waals surface area contributed by atoms with E-state index in [1.807, 2.05) is 53.1 Å². The van der Waals surface area contributed by atoms with Gasteiger partial charge in [-0.25, -0.2) is 0 Å². The summed E-state index contributed by atoms with van der Waals surface area (Å²) in [6, 6.07) is 21.9. The molecule has 0 radical (unpaired) electrons. The van der Waals surface area contributed by atoms with Gasteiger partial charge >= 0.3 is 0 Å². The van der Waals surface area contributed by atoms with Crippen molar-refractivity contribution in [2.24, 2.45) is 0 Å². The van der Waals surface area contributed by atoms with Crippen LogP contribution in [0.25, 0.3) is 21.8 Å². The Kier molecular flexibility index (Phi) is 5.54. The van der Waals surface area contributed by atoms with Gasteiger partial charge in [-0.3, -0.25) is 14.4 Å². The monoisotopic (exact) mass is 413 g/mol. The molecule has 0 aliphatic heterocycles. The molecule has 0 saturated carbocycles. The zero-order valence-electron chi connectivity index (χ0n) is 17.5. The van der Waals surface area contributed by atoms with Crippen LogP contribution in [0.15, 0.2) is 77.6 Å². The standard InChI is InChI=1S/C25H23N3O3/c1-26-25(31)18-13-11-17(12-14-18)15-27(2)23(29)16-28-21-9-5-3-7-19(21)24(30)20-8-4-6-10-22(20)28/h3-14H,15-16H2,1-2H3,(H,26,31). The van der Waals surface area contributed by atoms with E-state index in [0.717, 1.165) is 16.6 Å². The average molecular weight is 413 g/mol. The fourth-order valence-corrected chi connectivity index (χ4v) is 3.77. The first kappa shape index (κ1) is 20.3. The molecule has 4 rings (SSSR count). The molecule has 0 bridgehead atoms. The van der Waals surface area contributed by atoms with Crippen molar-refractivity contribution < 1.29 is 9.59 Å². The van der Waals surface area contributed by atoms with E-state index in [9.17, 15) is 14.4 Å². The van der Waals surface area contributed by atoms with Crippen molar-refractivity contribution in [3.8, 4) is 0 Å².